The second-order valence-corrected chi connectivity index (χ2v) is 5.04. The van der Waals surface area contributed by atoms with Crippen LogP contribution in [0.3, 0.4) is 0 Å². The summed E-state index contributed by atoms with van der Waals surface area (Å²) in [7, 11) is 0. The molecule has 2 aromatic carbocycles. The second kappa shape index (κ2) is 7.84. The zero-order valence-corrected chi connectivity index (χ0v) is 13.4. The van der Waals surface area contributed by atoms with Crippen LogP contribution in [-0.4, -0.2) is 12.6 Å². The average molecular weight is 349 g/mol. The molecule has 0 saturated heterocycles. The van der Waals surface area contributed by atoms with Gasteiger partial charge in [-0.05, 0) is 42.3 Å². The topological polar surface area (TPSA) is 35.5 Å². The molecular weight excluding hydrogens is 332 g/mol. The van der Waals surface area contributed by atoms with E-state index in [1.54, 1.807) is 12.1 Å². The maximum atomic E-state index is 11.9. The van der Waals surface area contributed by atoms with Crippen LogP contribution in [-0.2, 0) is 16.7 Å². The van der Waals surface area contributed by atoms with Gasteiger partial charge < -0.3 is 9.47 Å². The largest absolute Gasteiger partial charge is 0.494 e. The molecular formula is C17H17BrO3. The predicted octanol–water partition coefficient (Wildman–Crippen LogP) is 4.34. The van der Waals surface area contributed by atoms with Crippen LogP contribution in [0.1, 0.15) is 28.4 Å². The zero-order valence-electron chi connectivity index (χ0n) is 11.8. The van der Waals surface area contributed by atoms with Crippen molar-refractivity contribution in [3.05, 3.63) is 65.2 Å². The highest BCUT2D eigenvalue weighted by molar-refractivity contribution is 9.08. The van der Waals surface area contributed by atoms with E-state index < -0.39 is 0 Å². The van der Waals surface area contributed by atoms with Gasteiger partial charge in [0.05, 0.1) is 12.2 Å². The van der Waals surface area contributed by atoms with Gasteiger partial charge in [-0.1, -0.05) is 40.2 Å². The Kier molecular flexibility index (Phi) is 5.81. The summed E-state index contributed by atoms with van der Waals surface area (Å²) in [5.74, 6) is 0.503. The second-order valence-electron chi connectivity index (χ2n) is 4.48. The monoisotopic (exact) mass is 348 g/mol. The van der Waals surface area contributed by atoms with E-state index in [2.05, 4.69) is 15.9 Å². The summed E-state index contributed by atoms with van der Waals surface area (Å²) in [5.41, 5.74) is 2.62. The fourth-order valence-corrected chi connectivity index (χ4v) is 2.18. The van der Waals surface area contributed by atoms with Crippen LogP contribution in [0.2, 0.25) is 0 Å². The summed E-state index contributed by atoms with van der Waals surface area (Å²) in [6, 6.07) is 14.9. The number of hydrogen-bond acceptors (Lipinski definition) is 3. The third-order valence-corrected chi connectivity index (χ3v) is 3.60. The van der Waals surface area contributed by atoms with E-state index in [0.29, 0.717) is 12.2 Å². The van der Waals surface area contributed by atoms with Gasteiger partial charge in [-0.15, -0.1) is 0 Å². The van der Waals surface area contributed by atoms with Crippen molar-refractivity contribution in [3.63, 3.8) is 0 Å². The van der Waals surface area contributed by atoms with Crippen LogP contribution in [0.25, 0.3) is 0 Å². The Morgan fingerprint density at radius 2 is 1.62 bits per heavy atom. The number of benzene rings is 2. The molecule has 0 radical (unpaired) electrons. The summed E-state index contributed by atoms with van der Waals surface area (Å²) in [5, 5.41) is 0.772. The third kappa shape index (κ3) is 4.60. The van der Waals surface area contributed by atoms with Crippen molar-refractivity contribution >= 4 is 21.9 Å². The highest BCUT2D eigenvalue weighted by Crippen LogP contribution is 2.14. The first-order valence-corrected chi connectivity index (χ1v) is 7.89. The van der Waals surface area contributed by atoms with Crippen molar-refractivity contribution in [3.8, 4) is 5.75 Å². The lowest BCUT2D eigenvalue weighted by atomic mass is 10.1. The smallest absolute Gasteiger partial charge is 0.338 e. The highest BCUT2D eigenvalue weighted by atomic mass is 79.9. The zero-order chi connectivity index (χ0) is 15.1. The maximum absolute atomic E-state index is 11.9. The van der Waals surface area contributed by atoms with E-state index >= 15 is 0 Å². The van der Waals surface area contributed by atoms with Crippen molar-refractivity contribution in [1.82, 2.24) is 0 Å². The minimum atomic E-state index is -0.315. The quantitative estimate of drug-likeness (QED) is 0.575. The number of carbonyl (C=O) groups excluding carboxylic acids is 1. The van der Waals surface area contributed by atoms with Crippen LogP contribution in [0.4, 0.5) is 0 Å². The van der Waals surface area contributed by atoms with E-state index in [1.807, 2.05) is 43.3 Å². The van der Waals surface area contributed by atoms with Crippen LogP contribution in [0.5, 0.6) is 5.75 Å². The third-order valence-electron chi connectivity index (χ3n) is 2.95. The Balaban J connectivity index is 1.90. The van der Waals surface area contributed by atoms with Crippen molar-refractivity contribution < 1.29 is 14.3 Å². The van der Waals surface area contributed by atoms with Gasteiger partial charge in [-0.2, -0.15) is 0 Å². The summed E-state index contributed by atoms with van der Waals surface area (Å²) < 4.78 is 10.7. The number of esters is 1. The van der Waals surface area contributed by atoms with Crippen molar-refractivity contribution in [2.45, 2.75) is 18.9 Å². The molecule has 21 heavy (non-hydrogen) atoms. The SMILES string of the molecule is CCOc1ccc(COC(=O)c2ccc(CBr)cc2)cc1. The molecule has 0 bridgehead atoms. The summed E-state index contributed by atoms with van der Waals surface area (Å²) >= 11 is 3.37. The number of alkyl halides is 1. The summed E-state index contributed by atoms with van der Waals surface area (Å²) in [4.78, 5) is 11.9. The molecule has 0 heterocycles. The molecule has 4 heteroatoms. The molecule has 3 nitrogen and oxygen atoms in total. The van der Waals surface area contributed by atoms with E-state index in [9.17, 15) is 4.79 Å². The molecule has 0 saturated carbocycles. The number of hydrogen-bond donors (Lipinski definition) is 0. The first-order chi connectivity index (χ1) is 10.2. The molecule has 0 aliphatic rings. The van der Waals surface area contributed by atoms with E-state index in [-0.39, 0.29) is 12.6 Å². The Bertz CT molecular complexity index is 576. The van der Waals surface area contributed by atoms with Crippen LogP contribution < -0.4 is 4.74 Å². The number of ether oxygens (including phenoxy) is 2. The Morgan fingerprint density at radius 1 is 1.00 bits per heavy atom. The van der Waals surface area contributed by atoms with E-state index in [1.165, 1.54) is 0 Å². The Labute approximate surface area is 133 Å². The molecule has 0 N–H and O–H groups in total. The standard InChI is InChI=1S/C17H17BrO3/c1-2-20-16-9-5-14(6-10-16)12-21-17(19)15-7-3-13(11-18)4-8-15/h3-10H,2,11-12H2,1H3. The van der Waals surface area contributed by atoms with Crippen LogP contribution in [0.15, 0.2) is 48.5 Å². The van der Waals surface area contributed by atoms with Crippen molar-refractivity contribution in [2.24, 2.45) is 0 Å². The van der Waals surface area contributed by atoms with Crippen LogP contribution in [0, 0.1) is 0 Å². The van der Waals surface area contributed by atoms with Crippen molar-refractivity contribution in [2.75, 3.05) is 6.61 Å². The molecule has 0 aliphatic heterocycles. The van der Waals surface area contributed by atoms with Crippen LogP contribution >= 0.6 is 15.9 Å². The fraction of sp³-hybridized carbons (Fsp3) is 0.235. The normalized spacial score (nSPS) is 10.2. The number of halogens is 1. The molecule has 0 unspecified atom stereocenters. The maximum Gasteiger partial charge on any atom is 0.338 e. The number of carbonyl (C=O) groups is 1. The Hall–Kier alpha value is -1.81. The molecule has 110 valence electrons. The van der Waals surface area contributed by atoms with Gasteiger partial charge >= 0.3 is 5.97 Å². The Morgan fingerprint density at radius 3 is 2.19 bits per heavy atom. The molecule has 2 rings (SSSR count). The van der Waals surface area contributed by atoms with Gasteiger partial charge in [-0.25, -0.2) is 4.79 Å². The lowest BCUT2D eigenvalue weighted by Crippen LogP contribution is -2.05. The minimum Gasteiger partial charge on any atom is -0.494 e. The first kappa shape index (κ1) is 15.6. The molecule has 0 aliphatic carbocycles. The van der Waals surface area contributed by atoms with Gasteiger partial charge in [-0.3, -0.25) is 0 Å². The summed E-state index contributed by atoms with van der Waals surface area (Å²) in [6.07, 6.45) is 0. The fourth-order valence-electron chi connectivity index (χ4n) is 1.81. The molecule has 0 atom stereocenters. The van der Waals surface area contributed by atoms with Gasteiger partial charge in [0.2, 0.25) is 0 Å². The molecule has 0 amide bonds. The molecule has 2 aromatic rings. The van der Waals surface area contributed by atoms with E-state index in [0.717, 1.165) is 22.2 Å². The first-order valence-electron chi connectivity index (χ1n) is 6.76. The van der Waals surface area contributed by atoms with Gasteiger partial charge in [0.15, 0.2) is 0 Å². The minimum absolute atomic E-state index is 0.255. The molecule has 0 fully saturated rings. The average Bonchev–Trinajstić information content (AvgIpc) is 2.54. The molecule has 0 aromatic heterocycles. The van der Waals surface area contributed by atoms with Gasteiger partial charge in [0.1, 0.15) is 12.4 Å². The lowest BCUT2D eigenvalue weighted by molar-refractivity contribution is 0.0472. The van der Waals surface area contributed by atoms with Gasteiger partial charge in [0, 0.05) is 5.33 Å². The van der Waals surface area contributed by atoms with Crippen molar-refractivity contribution in [1.29, 1.82) is 0 Å². The van der Waals surface area contributed by atoms with E-state index in [4.69, 9.17) is 9.47 Å². The van der Waals surface area contributed by atoms with Gasteiger partial charge in [0.25, 0.3) is 0 Å². The predicted molar refractivity (Wildman–Crippen MR) is 85.8 cm³/mol. The highest BCUT2D eigenvalue weighted by Gasteiger charge is 2.07. The number of rotatable bonds is 6. The molecule has 0 spiro atoms. The summed E-state index contributed by atoms with van der Waals surface area (Å²) in [6.45, 7) is 2.83. The lowest BCUT2D eigenvalue weighted by Gasteiger charge is -2.07.